The topological polar surface area (TPSA) is 119 Å². The molecule has 28 heavy (non-hydrogen) atoms. The quantitative estimate of drug-likeness (QED) is 0.678. The number of esters is 1. The fourth-order valence-electron chi connectivity index (χ4n) is 2.87. The van der Waals surface area contributed by atoms with Crippen LogP contribution in [0.15, 0.2) is 16.3 Å². The molecule has 1 saturated heterocycles. The molecule has 1 unspecified atom stereocenters. The summed E-state index contributed by atoms with van der Waals surface area (Å²) in [6.45, 7) is 4.16. The molecule has 0 radical (unpaired) electrons. The van der Waals surface area contributed by atoms with Crippen LogP contribution < -0.4 is 5.32 Å². The Balaban J connectivity index is 1.70. The Bertz CT molecular complexity index is 969. The number of hydrogen-bond donors (Lipinski definition) is 1. The number of carbonyl (C=O) groups is 2. The number of aryl methyl sites for hydroxylation is 1. The van der Waals surface area contributed by atoms with Gasteiger partial charge in [0.05, 0.1) is 12.5 Å². The Morgan fingerprint density at radius 1 is 1.39 bits per heavy atom. The first-order chi connectivity index (χ1) is 13.3. The number of piperidine rings is 1. The molecule has 1 N–H and O–H groups in total. The van der Waals surface area contributed by atoms with E-state index >= 15 is 0 Å². The molecule has 0 saturated carbocycles. The van der Waals surface area contributed by atoms with Crippen molar-refractivity contribution in [3.8, 4) is 0 Å². The van der Waals surface area contributed by atoms with Crippen molar-refractivity contribution in [3.05, 3.63) is 22.7 Å². The summed E-state index contributed by atoms with van der Waals surface area (Å²) < 4.78 is 35.9. The molecule has 9 nitrogen and oxygen atoms in total. The van der Waals surface area contributed by atoms with Crippen LogP contribution in [0.25, 0.3) is 0 Å². The Morgan fingerprint density at radius 3 is 2.86 bits per heavy atom. The number of ether oxygens (including phenoxy) is 1. The number of aromatic nitrogens is 2. The maximum absolute atomic E-state index is 12.8. The summed E-state index contributed by atoms with van der Waals surface area (Å²) >= 11 is 2.09. The lowest BCUT2D eigenvalue weighted by molar-refractivity contribution is -0.120. The van der Waals surface area contributed by atoms with Gasteiger partial charge in [0, 0.05) is 29.5 Å². The minimum absolute atomic E-state index is 0.0467. The fraction of sp³-hybridized carbons (Fsp3) is 0.500. The van der Waals surface area contributed by atoms with Crippen LogP contribution in [-0.2, 0) is 19.6 Å². The third-order valence-electron chi connectivity index (χ3n) is 4.26. The van der Waals surface area contributed by atoms with E-state index in [4.69, 9.17) is 4.74 Å². The normalized spacial score (nSPS) is 18.0. The number of nitrogens with one attached hydrogen (secondary N) is 1. The van der Waals surface area contributed by atoms with Crippen LogP contribution in [0.2, 0.25) is 0 Å². The van der Waals surface area contributed by atoms with Gasteiger partial charge in [0.15, 0.2) is 5.00 Å². The van der Waals surface area contributed by atoms with Crippen LogP contribution in [0.5, 0.6) is 0 Å². The number of sulfonamides is 1. The highest BCUT2D eigenvalue weighted by Gasteiger charge is 2.34. The van der Waals surface area contributed by atoms with Gasteiger partial charge in [-0.25, -0.2) is 13.2 Å². The van der Waals surface area contributed by atoms with Crippen molar-refractivity contribution in [2.24, 2.45) is 5.92 Å². The molecule has 3 heterocycles. The first kappa shape index (κ1) is 20.8. The van der Waals surface area contributed by atoms with Gasteiger partial charge in [0.2, 0.25) is 11.6 Å². The molecule has 0 bridgehead atoms. The number of rotatable bonds is 6. The van der Waals surface area contributed by atoms with Crippen molar-refractivity contribution in [1.82, 2.24) is 13.9 Å². The predicted molar refractivity (Wildman–Crippen MR) is 105 cm³/mol. The molecule has 12 heteroatoms. The summed E-state index contributed by atoms with van der Waals surface area (Å²) in [6, 6.07) is 3.35. The number of hydrogen-bond acceptors (Lipinski definition) is 9. The molecular formula is C16H20N4O5S3. The fourth-order valence-corrected chi connectivity index (χ4v) is 6.39. The lowest BCUT2D eigenvalue weighted by atomic mass is 9.99. The molecule has 1 fully saturated rings. The average molecular weight is 445 g/mol. The van der Waals surface area contributed by atoms with Gasteiger partial charge in [-0.15, -0.1) is 16.4 Å². The monoisotopic (exact) mass is 444 g/mol. The lowest BCUT2D eigenvalue weighted by Gasteiger charge is -2.30. The summed E-state index contributed by atoms with van der Waals surface area (Å²) in [7, 11) is -3.62. The largest absolute Gasteiger partial charge is 0.461 e. The molecule has 152 valence electrons. The highest BCUT2D eigenvalue weighted by molar-refractivity contribution is 7.91. The SMILES string of the molecule is CCOC(=O)c1nnsc1NC(=O)C1CCCN(S(=O)(=O)c2ccc(C)s2)C1. The third-order valence-corrected chi connectivity index (χ3v) is 8.23. The van der Waals surface area contributed by atoms with Crippen LogP contribution in [0, 0.1) is 12.8 Å². The van der Waals surface area contributed by atoms with Crippen LogP contribution in [0.4, 0.5) is 5.00 Å². The second-order valence-corrected chi connectivity index (χ2v) is 10.4. The van der Waals surface area contributed by atoms with E-state index in [1.54, 1.807) is 19.1 Å². The molecule has 1 amide bonds. The lowest BCUT2D eigenvalue weighted by Crippen LogP contribution is -2.43. The Labute approximate surface area is 170 Å². The van der Waals surface area contributed by atoms with Crippen LogP contribution in [-0.4, -0.2) is 53.9 Å². The second kappa shape index (κ2) is 8.64. The number of anilines is 1. The molecule has 1 aliphatic heterocycles. The number of carbonyl (C=O) groups excluding carboxylic acids is 2. The van der Waals surface area contributed by atoms with Crippen LogP contribution in [0.1, 0.15) is 35.1 Å². The van der Waals surface area contributed by atoms with Crippen LogP contribution >= 0.6 is 22.9 Å². The predicted octanol–water partition coefficient (Wildman–Crippen LogP) is 2.12. The molecular weight excluding hydrogens is 424 g/mol. The van der Waals surface area contributed by atoms with E-state index in [0.717, 1.165) is 16.4 Å². The summed E-state index contributed by atoms with van der Waals surface area (Å²) in [5.41, 5.74) is -0.0467. The van der Waals surface area contributed by atoms with E-state index < -0.39 is 21.9 Å². The second-order valence-electron chi connectivity index (χ2n) is 6.23. The maximum Gasteiger partial charge on any atom is 0.362 e. The smallest absolute Gasteiger partial charge is 0.362 e. The van der Waals surface area contributed by atoms with E-state index in [-0.39, 0.29) is 34.0 Å². The van der Waals surface area contributed by atoms with E-state index in [1.807, 2.05) is 6.92 Å². The third kappa shape index (κ3) is 4.40. The van der Waals surface area contributed by atoms with E-state index in [2.05, 4.69) is 14.9 Å². The van der Waals surface area contributed by atoms with Gasteiger partial charge in [0.25, 0.3) is 10.0 Å². The molecule has 0 aromatic carbocycles. The van der Waals surface area contributed by atoms with E-state index in [1.165, 1.54) is 15.6 Å². The molecule has 0 aliphatic carbocycles. The summed E-state index contributed by atoms with van der Waals surface area (Å²) in [5.74, 6) is -1.55. The van der Waals surface area contributed by atoms with E-state index in [9.17, 15) is 18.0 Å². The molecule has 2 aromatic heterocycles. The van der Waals surface area contributed by atoms with Gasteiger partial charge in [-0.3, -0.25) is 4.79 Å². The van der Waals surface area contributed by atoms with Crippen LogP contribution in [0.3, 0.4) is 0 Å². The summed E-state index contributed by atoms with van der Waals surface area (Å²) in [6.07, 6.45) is 1.13. The highest BCUT2D eigenvalue weighted by atomic mass is 32.2. The zero-order valence-corrected chi connectivity index (χ0v) is 17.8. The zero-order chi connectivity index (χ0) is 20.3. The van der Waals surface area contributed by atoms with Gasteiger partial charge >= 0.3 is 5.97 Å². The summed E-state index contributed by atoms with van der Waals surface area (Å²) in [5, 5.41) is 6.56. The van der Waals surface area contributed by atoms with Gasteiger partial charge in [-0.2, -0.15) is 4.31 Å². The van der Waals surface area contributed by atoms with Gasteiger partial charge in [-0.05, 0) is 38.8 Å². The van der Waals surface area contributed by atoms with Gasteiger partial charge < -0.3 is 10.1 Å². The standard InChI is InChI=1S/C16H20N4O5S3/c1-3-25-16(22)13-15(27-19-18-13)17-14(21)11-5-4-8-20(9-11)28(23,24)12-7-6-10(2)26-12/h6-7,11H,3-5,8-9H2,1-2H3,(H,17,21). The maximum atomic E-state index is 12.8. The average Bonchev–Trinajstić information content (AvgIpc) is 3.31. The number of thiophene rings is 1. The first-order valence-electron chi connectivity index (χ1n) is 8.70. The highest BCUT2D eigenvalue weighted by Crippen LogP contribution is 2.29. The van der Waals surface area contributed by atoms with Crippen molar-refractivity contribution < 1.29 is 22.7 Å². The van der Waals surface area contributed by atoms with Crippen molar-refractivity contribution in [1.29, 1.82) is 0 Å². The van der Waals surface area contributed by atoms with Crippen molar-refractivity contribution >= 4 is 49.8 Å². The van der Waals surface area contributed by atoms with Gasteiger partial charge in [0.1, 0.15) is 4.21 Å². The molecule has 0 spiro atoms. The van der Waals surface area contributed by atoms with Gasteiger partial charge in [-0.1, -0.05) is 4.49 Å². The Hall–Kier alpha value is -1.89. The Kier molecular flexibility index (Phi) is 6.43. The minimum Gasteiger partial charge on any atom is -0.461 e. The van der Waals surface area contributed by atoms with Crippen molar-refractivity contribution in [2.75, 3.05) is 25.0 Å². The molecule has 1 atom stereocenters. The molecule has 1 aliphatic rings. The first-order valence-corrected chi connectivity index (χ1v) is 11.7. The number of nitrogens with zero attached hydrogens (tertiary/aromatic N) is 3. The molecule has 3 rings (SSSR count). The summed E-state index contributed by atoms with van der Waals surface area (Å²) in [4.78, 5) is 25.5. The molecule has 2 aromatic rings. The van der Waals surface area contributed by atoms with E-state index in [0.29, 0.717) is 19.4 Å². The minimum atomic E-state index is -3.62. The number of amides is 1. The van der Waals surface area contributed by atoms with Crippen molar-refractivity contribution in [3.63, 3.8) is 0 Å². The zero-order valence-electron chi connectivity index (χ0n) is 15.4. The van der Waals surface area contributed by atoms with Crippen molar-refractivity contribution in [2.45, 2.75) is 30.9 Å². The Morgan fingerprint density at radius 2 is 2.18 bits per heavy atom.